The number of hydrogen-bond donors (Lipinski definition) is 0. The zero-order chi connectivity index (χ0) is 12.4. The molecule has 0 fully saturated rings. The molecule has 0 bridgehead atoms. The van der Waals surface area contributed by atoms with Gasteiger partial charge in [-0.2, -0.15) is 0 Å². The molecule has 5 heteroatoms. The molecule has 0 aromatic carbocycles. The molecule has 0 amide bonds. The Labute approximate surface area is 98.2 Å². The van der Waals surface area contributed by atoms with E-state index in [0.29, 0.717) is 13.2 Å². The molecule has 0 heterocycles. The quantitative estimate of drug-likeness (QED) is 0.440. The van der Waals surface area contributed by atoms with E-state index in [2.05, 4.69) is 0 Å². The van der Waals surface area contributed by atoms with Crippen molar-refractivity contribution in [3.63, 3.8) is 0 Å². The predicted octanol–water partition coefficient (Wildman–Crippen LogP) is 3.40. The van der Waals surface area contributed by atoms with E-state index >= 15 is 0 Å². The van der Waals surface area contributed by atoms with Crippen molar-refractivity contribution in [1.82, 2.24) is 0 Å². The summed E-state index contributed by atoms with van der Waals surface area (Å²) in [5.41, 5.74) is 0. The van der Waals surface area contributed by atoms with Crippen molar-refractivity contribution >= 4 is 13.4 Å². The molecule has 0 aliphatic carbocycles. The van der Waals surface area contributed by atoms with E-state index in [-0.39, 0.29) is 11.9 Å². The van der Waals surface area contributed by atoms with Crippen LogP contribution in [-0.2, 0) is 18.4 Å². The number of hydrogen-bond acceptors (Lipinski definition) is 4. The smallest absolute Gasteiger partial charge is 0.308 e. The molecular weight excluding hydrogens is 227 g/mol. The zero-order valence-electron chi connectivity index (χ0n) is 10.5. The van der Waals surface area contributed by atoms with Crippen LogP contribution < -0.4 is 0 Å². The summed E-state index contributed by atoms with van der Waals surface area (Å²) in [5, 5.41) is 0. The molecule has 0 radical (unpaired) electrons. The Kier molecular flexibility index (Phi) is 8.81. The molecule has 0 N–H and O–H groups in total. The minimum Gasteiger partial charge on any atom is -0.308 e. The van der Waals surface area contributed by atoms with Crippen LogP contribution in [0.3, 0.4) is 0 Å². The Hall–Kier alpha value is -0.180. The summed E-state index contributed by atoms with van der Waals surface area (Å²) in [6.45, 7) is 6.24. The third-order valence-corrected chi connectivity index (χ3v) is 3.97. The first-order chi connectivity index (χ1) is 7.54. The van der Waals surface area contributed by atoms with E-state index in [1.807, 2.05) is 13.8 Å². The molecule has 0 aromatic heterocycles. The highest BCUT2D eigenvalue weighted by Crippen LogP contribution is 2.48. The van der Waals surface area contributed by atoms with Gasteiger partial charge in [-0.05, 0) is 19.8 Å². The van der Waals surface area contributed by atoms with Crippen molar-refractivity contribution in [2.24, 2.45) is 0 Å². The highest BCUT2D eigenvalue weighted by atomic mass is 31.2. The highest BCUT2D eigenvalue weighted by molar-refractivity contribution is 7.54. The number of Topliss-reactive ketones (excluding diaryl/α,β-unsaturated/α-hetero) is 1. The van der Waals surface area contributed by atoms with Crippen LogP contribution in [0.15, 0.2) is 0 Å². The van der Waals surface area contributed by atoms with Gasteiger partial charge in [0, 0.05) is 0 Å². The summed E-state index contributed by atoms with van der Waals surface area (Å²) < 4.78 is 22.6. The topological polar surface area (TPSA) is 52.6 Å². The molecule has 96 valence electrons. The molecule has 0 unspecified atom stereocenters. The largest absolute Gasteiger partial charge is 0.338 e. The van der Waals surface area contributed by atoms with Gasteiger partial charge in [0.25, 0.3) is 0 Å². The fourth-order valence-electron chi connectivity index (χ4n) is 1.10. The maximum Gasteiger partial charge on any atom is 0.338 e. The summed E-state index contributed by atoms with van der Waals surface area (Å²) in [5.74, 6) is -0.156. The SMILES string of the molecule is CCCCOP(=O)(CC(C)=O)OCCCC. The molecule has 0 spiro atoms. The summed E-state index contributed by atoms with van der Waals surface area (Å²) in [7, 11) is -3.18. The van der Waals surface area contributed by atoms with E-state index in [4.69, 9.17) is 9.05 Å². The van der Waals surface area contributed by atoms with Gasteiger partial charge in [0.1, 0.15) is 11.9 Å². The maximum absolute atomic E-state index is 12.1. The third-order valence-electron chi connectivity index (χ3n) is 1.99. The fraction of sp³-hybridized carbons (Fsp3) is 0.909. The summed E-state index contributed by atoms with van der Waals surface area (Å²) in [6, 6.07) is 0. The molecule has 0 saturated heterocycles. The van der Waals surface area contributed by atoms with Crippen LogP contribution in [0.25, 0.3) is 0 Å². The van der Waals surface area contributed by atoms with Crippen molar-refractivity contribution in [3.05, 3.63) is 0 Å². The number of carbonyl (C=O) groups excluding carboxylic acids is 1. The minimum absolute atomic E-state index is 0.111. The van der Waals surface area contributed by atoms with Crippen molar-refractivity contribution < 1.29 is 18.4 Å². The number of rotatable bonds is 10. The molecule has 0 aromatic rings. The molecule has 16 heavy (non-hydrogen) atoms. The second-order valence-electron chi connectivity index (χ2n) is 3.84. The van der Waals surface area contributed by atoms with E-state index in [1.54, 1.807) is 0 Å². The molecule has 0 aliphatic rings. The van der Waals surface area contributed by atoms with Crippen molar-refractivity contribution in [2.45, 2.75) is 46.5 Å². The van der Waals surface area contributed by atoms with Crippen molar-refractivity contribution in [3.8, 4) is 0 Å². The lowest BCUT2D eigenvalue weighted by Gasteiger charge is -2.17. The Bertz CT molecular complexity index is 226. The number of carbonyl (C=O) groups is 1. The Balaban J connectivity index is 4.13. The van der Waals surface area contributed by atoms with Gasteiger partial charge < -0.3 is 9.05 Å². The second-order valence-corrected chi connectivity index (χ2v) is 5.90. The van der Waals surface area contributed by atoms with Crippen LogP contribution in [0.5, 0.6) is 0 Å². The van der Waals surface area contributed by atoms with E-state index < -0.39 is 7.60 Å². The lowest BCUT2D eigenvalue weighted by Crippen LogP contribution is -2.08. The summed E-state index contributed by atoms with van der Waals surface area (Å²) in [4.78, 5) is 11.0. The van der Waals surface area contributed by atoms with Crippen LogP contribution in [0.1, 0.15) is 46.5 Å². The average Bonchev–Trinajstić information content (AvgIpc) is 2.17. The van der Waals surface area contributed by atoms with Gasteiger partial charge in [-0.3, -0.25) is 9.36 Å². The summed E-state index contributed by atoms with van der Waals surface area (Å²) in [6.07, 6.45) is 3.49. The van der Waals surface area contributed by atoms with Gasteiger partial charge >= 0.3 is 7.60 Å². The Morgan fingerprint density at radius 2 is 1.50 bits per heavy atom. The number of ketones is 1. The van der Waals surface area contributed by atoms with Crippen LogP contribution in [0.4, 0.5) is 0 Å². The first-order valence-electron chi connectivity index (χ1n) is 5.91. The van der Waals surface area contributed by atoms with Gasteiger partial charge in [0.2, 0.25) is 0 Å². The normalized spacial score (nSPS) is 11.7. The zero-order valence-corrected chi connectivity index (χ0v) is 11.4. The lowest BCUT2D eigenvalue weighted by atomic mass is 10.4. The van der Waals surface area contributed by atoms with Gasteiger partial charge in [0.15, 0.2) is 0 Å². The highest BCUT2D eigenvalue weighted by Gasteiger charge is 2.26. The Morgan fingerprint density at radius 1 is 1.06 bits per heavy atom. The van der Waals surface area contributed by atoms with Crippen LogP contribution >= 0.6 is 7.60 Å². The fourth-order valence-corrected chi connectivity index (χ4v) is 2.71. The van der Waals surface area contributed by atoms with Crippen molar-refractivity contribution in [2.75, 3.05) is 19.4 Å². The molecule has 0 saturated carbocycles. The van der Waals surface area contributed by atoms with Gasteiger partial charge in [0.05, 0.1) is 13.2 Å². The standard InChI is InChI=1S/C11H23O4P/c1-4-6-8-14-16(13,10-11(3)12)15-9-7-5-2/h4-10H2,1-3H3. The van der Waals surface area contributed by atoms with E-state index in [1.165, 1.54) is 6.92 Å². The summed E-state index contributed by atoms with van der Waals surface area (Å²) >= 11 is 0. The molecule has 4 nitrogen and oxygen atoms in total. The van der Waals surface area contributed by atoms with Crippen LogP contribution in [0, 0.1) is 0 Å². The maximum atomic E-state index is 12.1. The molecule has 0 aliphatic heterocycles. The lowest BCUT2D eigenvalue weighted by molar-refractivity contribution is -0.114. The molecule has 0 atom stereocenters. The predicted molar refractivity (Wildman–Crippen MR) is 64.9 cm³/mol. The molecular formula is C11H23O4P. The third kappa shape index (κ3) is 8.03. The Morgan fingerprint density at radius 3 is 1.81 bits per heavy atom. The van der Waals surface area contributed by atoms with Gasteiger partial charge in [-0.25, -0.2) is 0 Å². The van der Waals surface area contributed by atoms with E-state index in [0.717, 1.165) is 25.7 Å². The van der Waals surface area contributed by atoms with Crippen LogP contribution in [-0.4, -0.2) is 25.2 Å². The van der Waals surface area contributed by atoms with Gasteiger partial charge in [-0.15, -0.1) is 0 Å². The monoisotopic (exact) mass is 250 g/mol. The van der Waals surface area contributed by atoms with Crippen LogP contribution in [0.2, 0.25) is 0 Å². The average molecular weight is 250 g/mol. The van der Waals surface area contributed by atoms with E-state index in [9.17, 15) is 9.36 Å². The first kappa shape index (κ1) is 15.8. The second kappa shape index (κ2) is 8.91. The van der Waals surface area contributed by atoms with Gasteiger partial charge in [-0.1, -0.05) is 26.7 Å². The van der Waals surface area contributed by atoms with Crippen molar-refractivity contribution in [1.29, 1.82) is 0 Å². The minimum atomic E-state index is -3.18. The molecule has 0 rings (SSSR count). The first-order valence-corrected chi connectivity index (χ1v) is 7.64. The number of unbranched alkanes of at least 4 members (excludes halogenated alkanes) is 2.